The van der Waals surface area contributed by atoms with Crippen molar-refractivity contribution in [3.05, 3.63) is 66.8 Å². The Morgan fingerprint density at radius 3 is 1.84 bits per heavy atom. The first kappa shape index (κ1) is 34.9. The molecule has 0 atom stereocenters. The number of benzene rings is 2. The number of carbonyl (C=O) groups is 4. The highest BCUT2D eigenvalue weighted by Gasteiger charge is 2.24. The zero-order chi connectivity index (χ0) is 31.8. The molecule has 0 radical (unpaired) electrons. The number of aliphatic carboxylic acids is 4. The van der Waals surface area contributed by atoms with E-state index in [1.165, 1.54) is 60.3 Å². The predicted molar refractivity (Wildman–Crippen MR) is 163 cm³/mol. The van der Waals surface area contributed by atoms with Crippen molar-refractivity contribution in [2.24, 2.45) is 0 Å². The maximum atomic E-state index is 9.55. The fourth-order valence-electron chi connectivity index (χ4n) is 4.12. The Balaban J connectivity index is 0.000000334. The van der Waals surface area contributed by atoms with Crippen LogP contribution < -0.4 is 9.64 Å². The largest absolute Gasteiger partial charge is 0.494 e. The number of para-hydroxylation sites is 1. The number of anilines is 2. The number of fused-ring (bicyclic) bond motifs is 2. The fraction of sp³-hybridized carbons (Fsp3) is 0.333. The summed E-state index contributed by atoms with van der Waals surface area (Å²) in [6.07, 6.45) is 3.41. The predicted octanol–water partition coefficient (Wildman–Crippen LogP) is 3.75. The van der Waals surface area contributed by atoms with Crippen molar-refractivity contribution in [1.82, 2.24) is 9.80 Å². The van der Waals surface area contributed by atoms with Crippen LogP contribution in [-0.2, 0) is 19.2 Å². The van der Waals surface area contributed by atoms with E-state index in [1.807, 2.05) is 18.7 Å². The number of ether oxygens (including phenoxy) is 1. The summed E-state index contributed by atoms with van der Waals surface area (Å²) in [5.41, 5.74) is 2.64. The summed E-state index contributed by atoms with van der Waals surface area (Å²) < 4.78 is 5.72. The molecule has 0 amide bonds. The lowest BCUT2D eigenvalue weighted by atomic mass is 10.2. The first-order valence-electron chi connectivity index (χ1n) is 13.5. The number of piperazine rings is 1. The molecular formula is C30H37N3O9S. The van der Waals surface area contributed by atoms with Crippen molar-refractivity contribution in [3.63, 3.8) is 0 Å². The molecule has 1 fully saturated rings. The highest BCUT2D eigenvalue weighted by Crippen LogP contribution is 2.49. The molecule has 4 rings (SSSR count). The van der Waals surface area contributed by atoms with Crippen molar-refractivity contribution in [2.45, 2.75) is 23.1 Å². The Hall–Kier alpha value is -4.33. The van der Waals surface area contributed by atoms with Crippen LogP contribution >= 0.6 is 11.8 Å². The molecule has 0 saturated carbocycles. The normalized spacial score (nSPS) is 14.5. The van der Waals surface area contributed by atoms with Gasteiger partial charge in [0.1, 0.15) is 5.75 Å². The molecule has 1 saturated heterocycles. The maximum Gasteiger partial charge on any atom is 0.328 e. The van der Waals surface area contributed by atoms with Gasteiger partial charge in [-0.3, -0.25) is 0 Å². The molecule has 0 spiro atoms. The van der Waals surface area contributed by atoms with Crippen molar-refractivity contribution < 1.29 is 44.3 Å². The van der Waals surface area contributed by atoms with E-state index in [0.717, 1.165) is 12.3 Å². The third kappa shape index (κ3) is 13.0. The van der Waals surface area contributed by atoms with E-state index in [1.54, 1.807) is 0 Å². The minimum Gasteiger partial charge on any atom is -0.494 e. The number of hydrogen-bond donors (Lipinski definition) is 4. The summed E-state index contributed by atoms with van der Waals surface area (Å²) in [4.78, 5) is 48.3. The smallest absolute Gasteiger partial charge is 0.328 e. The van der Waals surface area contributed by atoms with Gasteiger partial charge in [0.15, 0.2) is 0 Å². The first-order chi connectivity index (χ1) is 20.5. The quantitative estimate of drug-likeness (QED) is 0.286. The third-order valence-electron chi connectivity index (χ3n) is 6.10. The molecule has 0 bridgehead atoms. The number of likely N-dealkylation sites (N-methyl/N-ethyl adjacent to an activating group) is 1. The van der Waals surface area contributed by atoms with Crippen molar-refractivity contribution >= 4 is 47.0 Å². The number of nitrogens with zero attached hydrogens (tertiary/aromatic N) is 3. The summed E-state index contributed by atoms with van der Waals surface area (Å²) in [6, 6.07) is 15.3. The van der Waals surface area contributed by atoms with E-state index >= 15 is 0 Å². The van der Waals surface area contributed by atoms with Gasteiger partial charge in [-0.2, -0.15) is 0 Å². The van der Waals surface area contributed by atoms with Crippen LogP contribution in [0.25, 0.3) is 0 Å². The van der Waals surface area contributed by atoms with Gasteiger partial charge in [0, 0.05) is 66.8 Å². The fourth-order valence-corrected chi connectivity index (χ4v) is 5.24. The average molecular weight is 616 g/mol. The van der Waals surface area contributed by atoms with Crippen LogP contribution in [0.5, 0.6) is 5.75 Å². The zero-order valence-electron chi connectivity index (χ0n) is 24.1. The molecule has 2 aliphatic rings. The van der Waals surface area contributed by atoms with Gasteiger partial charge in [-0.15, -0.1) is 0 Å². The summed E-state index contributed by atoms with van der Waals surface area (Å²) >= 11 is 1.85. The molecular weight excluding hydrogens is 578 g/mol. The molecule has 43 heavy (non-hydrogen) atoms. The Bertz CT molecular complexity index is 1240. The molecule has 4 N–H and O–H groups in total. The molecule has 232 valence electrons. The Morgan fingerprint density at radius 2 is 1.30 bits per heavy atom. The molecule has 2 heterocycles. The molecule has 2 aromatic rings. The molecule has 12 nitrogen and oxygen atoms in total. The van der Waals surface area contributed by atoms with Crippen LogP contribution in [0.1, 0.15) is 13.3 Å². The highest BCUT2D eigenvalue weighted by molar-refractivity contribution is 7.99. The Labute approximate surface area is 254 Å². The molecule has 0 unspecified atom stereocenters. The lowest BCUT2D eigenvalue weighted by Crippen LogP contribution is -2.45. The number of carboxylic acid groups (broad SMARTS) is 4. The number of carboxylic acids is 4. The van der Waals surface area contributed by atoms with Crippen molar-refractivity contribution in [1.29, 1.82) is 0 Å². The minimum absolute atomic E-state index is 0.558. The van der Waals surface area contributed by atoms with Crippen LogP contribution in [0.4, 0.5) is 11.4 Å². The van der Waals surface area contributed by atoms with Crippen LogP contribution in [0.2, 0.25) is 0 Å². The number of rotatable bonds is 10. The van der Waals surface area contributed by atoms with Gasteiger partial charge in [0.05, 0.1) is 18.0 Å². The molecule has 0 aromatic heterocycles. The highest BCUT2D eigenvalue weighted by atomic mass is 32.2. The van der Waals surface area contributed by atoms with E-state index in [2.05, 4.69) is 64.2 Å². The second-order valence-electron chi connectivity index (χ2n) is 9.30. The number of hydrogen-bond acceptors (Lipinski definition) is 9. The monoisotopic (exact) mass is 615 g/mol. The van der Waals surface area contributed by atoms with E-state index in [4.69, 9.17) is 25.2 Å². The van der Waals surface area contributed by atoms with Crippen molar-refractivity contribution in [3.8, 4) is 5.75 Å². The molecule has 13 heteroatoms. The van der Waals surface area contributed by atoms with Crippen LogP contribution in [-0.4, -0.2) is 107 Å². The average Bonchev–Trinajstić information content (AvgIpc) is 2.96. The van der Waals surface area contributed by atoms with Crippen LogP contribution in [0.3, 0.4) is 0 Å². The summed E-state index contributed by atoms with van der Waals surface area (Å²) in [7, 11) is 2.22. The van der Waals surface area contributed by atoms with Gasteiger partial charge >= 0.3 is 23.9 Å². The first-order valence-corrected chi connectivity index (χ1v) is 14.3. The van der Waals surface area contributed by atoms with Crippen molar-refractivity contribution in [2.75, 3.05) is 57.8 Å². The Kier molecular flexibility index (Phi) is 14.8. The zero-order valence-corrected chi connectivity index (χ0v) is 24.9. The maximum absolute atomic E-state index is 9.55. The second-order valence-corrected chi connectivity index (χ2v) is 10.4. The van der Waals surface area contributed by atoms with Gasteiger partial charge in [-0.1, -0.05) is 23.9 Å². The van der Waals surface area contributed by atoms with Gasteiger partial charge < -0.3 is 39.9 Å². The second kappa shape index (κ2) is 18.3. The van der Waals surface area contributed by atoms with E-state index in [-0.39, 0.29) is 0 Å². The van der Waals surface area contributed by atoms with E-state index in [9.17, 15) is 19.2 Å². The third-order valence-corrected chi connectivity index (χ3v) is 7.21. The van der Waals surface area contributed by atoms with Crippen LogP contribution in [0, 0.1) is 0 Å². The van der Waals surface area contributed by atoms with Gasteiger partial charge in [-0.25, -0.2) is 19.2 Å². The SMILES string of the molecule is CCOc1ccc2c(c1)Sc1ccccc1N2CCCN1CCN(C)CC1.O=C(O)/C=C\C(=O)O.O=C(O)/C=C\C(=O)O. The van der Waals surface area contributed by atoms with Gasteiger partial charge in [-0.05, 0) is 57.3 Å². The molecule has 2 aliphatic heterocycles. The topological polar surface area (TPSA) is 168 Å². The van der Waals surface area contributed by atoms with E-state index < -0.39 is 23.9 Å². The summed E-state index contributed by atoms with van der Waals surface area (Å²) in [6.45, 7) is 9.71. The Morgan fingerprint density at radius 1 is 0.767 bits per heavy atom. The lowest BCUT2D eigenvalue weighted by Gasteiger charge is -2.35. The minimum atomic E-state index is -1.26. The van der Waals surface area contributed by atoms with E-state index in [0.29, 0.717) is 30.9 Å². The van der Waals surface area contributed by atoms with Gasteiger partial charge in [0.25, 0.3) is 0 Å². The van der Waals surface area contributed by atoms with Gasteiger partial charge in [0.2, 0.25) is 0 Å². The standard InChI is InChI=1S/C22H29N3OS.2C4H4O4/c1-3-26-18-9-10-20-22(17-18)27-21-8-5-4-7-19(21)25(20)12-6-11-24-15-13-23(2)14-16-24;2*5-3(6)1-2-4(7)8/h4-5,7-10,17H,3,6,11-16H2,1-2H3;2*1-2H,(H,5,6)(H,7,8)/b;2*2-1-. The molecule has 0 aliphatic carbocycles. The van der Waals surface area contributed by atoms with Crippen LogP contribution in [0.15, 0.2) is 76.6 Å². The summed E-state index contributed by atoms with van der Waals surface area (Å²) in [5, 5.41) is 31.2. The lowest BCUT2D eigenvalue weighted by molar-refractivity contribution is -0.134. The summed E-state index contributed by atoms with van der Waals surface area (Å²) in [5.74, 6) is -4.07. The molecule has 2 aromatic carbocycles.